The van der Waals surface area contributed by atoms with Crippen LogP contribution in [0.4, 0.5) is 0 Å². The lowest BCUT2D eigenvalue weighted by molar-refractivity contribution is 0.632. The van der Waals surface area contributed by atoms with Crippen LogP contribution in [0.15, 0.2) is 54.6 Å². The number of rotatable bonds is 3. The van der Waals surface area contributed by atoms with Gasteiger partial charge in [0.15, 0.2) is 0 Å². The summed E-state index contributed by atoms with van der Waals surface area (Å²) in [6, 6.07) is 19.5. The van der Waals surface area contributed by atoms with Crippen molar-refractivity contribution in [3.05, 3.63) is 71.3 Å². The van der Waals surface area contributed by atoms with Gasteiger partial charge in [0.2, 0.25) is 0 Å². The molecule has 0 heteroatoms. The zero-order valence-corrected chi connectivity index (χ0v) is 10.9. The first-order chi connectivity index (χ1) is 8.16. The van der Waals surface area contributed by atoms with E-state index in [1.54, 1.807) is 0 Å². The zero-order chi connectivity index (χ0) is 12.3. The highest BCUT2D eigenvalue weighted by Crippen LogP contribution is 2.33. The molecule has 0 saturated heterocycles. The quantitative estimate of drug-likeness (QED) is 0.716. The van der Waals surface area contributed by atoms with Crippen molar-refractivity contribution < 1.29 is 0 Å². The molecule has 88 valence electrons. The summed E-state index contributed by atoms with van der Waals surface area (Å²) in [6.45, 7) is 6.83. The average molecular weight is 224 g/mol. The molecule has 0 heterocycles. The van der Waals surface area contributed by atoms with Gasteiger partial charge in [-0.25, -0.2) is 0 Å². The van der Waals surface area contributed by atoms with E-state index in [2.05, 4.69) is 75.4 Å². The molecule has 17 heavy (non-hydrogen) atoms. The normalized spacial score (nSPS) is 11.5. The number of hydrogen-bond acceptors (Lipinski definition) is 0. The molecule has 0 spiro atoms. The highest BCUT2D eigenvalue weighted by molar-refractivity contribution is 5.42. The second-order valence-corrected chi connectivity index (χ2v) is 5.00. The van der Waals surface area contributed by atoms with Crippen molar-refractivity contribution in [3.63, 3.8) is 0 Å². The van der Waals surface area contributed by atoms with E-state index >= 15 is 0 Å². The van der Waals surface area contributed by atoms with Gasteiger partial charge in [0.1, 0.15) is 0 Å². The monoisotopic (exact) mass is 224 g/mol. The first-order valence-electron chi connectivity index (χ1n) is 6.30. The highest BCUT2D eigenvalue weighted by atomic mass is 14.3. The summed E-state index contributed by atoms with van der Waals surface area (Å²) in [7, 11) is 0. The molecule has 2 aromatic carbocycles. The topological polar surface area (TPSA) is 0 Å². The lowest BCUT2D eigenvalue weighted by atomic mass is 9.76. The second-order valence-electron chi connectivity index (χ2n) is 5.00. The summed E-state index contributed by atoms with van der Waals surface area (Å²) >= 11 is 0. The molecule has 0 aliphatic carbocycles. The highest BCUT2D eigenvalue weighted by Gasteiger charge is 2.24. The van der Waals surface area contributed by atoms with Gasteiger partial charge in [-0.2, -0.15) is 0 Å². The van der Waals surface area contributed by atoms with Gasteiger partial charge in [-0.3, -0.25) is 0 Å². The van der Waals surface area contributed by atoms with Crippen LogP contribution in [0.3, 0.4) is 0 Å². The van der Waals surface area contributed by atoms with Crippen LogP contribution in [0.1, 0.15) is 37.5 Å². The maximum Gasteiger partial charge on any atom is 0.0149 e. The van der Waals surface area contributed by atoms with Crippen LogP contribution >= 0.6 is 0 Å². The van der Waals surface area contributed by atoms with Gasteiger partial charge in [-0.1, -0.05) is 75.4 Å². The largest absolute Gasteiger partial charge is 0.0622 e. The molecule has 0 fully saturated rings. The molecular weight excluding hydrogens is 204 g/mol. The van der Waals surface area contributed by atoms with E-state index in [0.29, 0.717) is 0 Å². The van der Waals surface area contributed by atoms with Crippen molar-refractivity contribution in [2.24, 2.45) is 0 Å². The van der Waals surface area contributed by atoms with Crippen LogP contribution in [0, 0.1) is 0 Å². The van der Waals surface area contributed by atoms with Crippen molar-refractivity contribution >= 4 is 0 Å². The molecule has 0 aromatic heterocycles. The summed E-state index contributed by atoms with van der Waals surface area (Å²) in [5.74, 6) is 0. The fourth-order valence-corrected chi connectivity index (χ4v) is 2.45. The standard InChI is InChI=1S/C17H20/c1-4-14-10-8-9-13-16(14)17(2,3)15-11-6-5-7-12-15/h5-13H,4H2,1-3H3. The van der Waals surface area contributed by atoms with Crippen LogP contribution in [-0.4, -0.2) is 0 Å². The lowest BCUT2D eigenvalue weighted by Gasteiger charge is -2.28. The average Bonchev–Trinajstić information content (AvgIpc) is 2.39. The molecule has 0 unspecified atom stereocenters. The van der Waals surface area contributed by atoms with Gasteiger partial charge in [0, 0.05) is 5.41 Å². The summed E-state index contributed by atoms with van der Waals surface area (Å²) < 4.78 is 0. The number of aryl methyl sites for hydroxylation is 1. The first-order valence-corrected chi connectivity index (χ1v) is 6.30. The minimum absolute atomic E-state index is 0.0772. The smallest absolute Gasteiger partial charge is 0.0149 e. The molecule has 2 rings (SSSR count). The van der Waals surface area contributed by atoms with Crippen molar-refractivity contribution in [1.29, 1.82) is 0 Å². The molecule has 0 bridgehead atoms. The van der Waals surface area contributed by atoms with E-state index in [1.807, 2.05) is 0 Å². The summed E-state index contributed by atoms with van der Waals surface area (Å²) in [6.07, 6.45) is 1.09. The van der Waals surface area contributed by atoms with Gasteiger partial charge in [-0.05, 0) is 23.1 Å². The third-order valence-electron chi connectivity index (χ3n) is 3.57. The van der Waals surface area contributed by atoms with E-state index in [4.69, 9.17) is 0 Å². The zero-order valence-electron chi connectivity index (χ0n) is 10.9. The Morgan fingerprint density at radius 1 is 0.824 bits per heavy atom. The predicted molar refractivity (Wildman–Crippen MR) is 74.4 cm³/mol. The predicted octanol–water partition coefficient (Wildman–Crippen LogP) is 4.57. The van der Waals surface area contributed by atoms with E-state index in [9.17, 15) is 0 Å². The van der Waals surface area contributed by atoms with Gasteiger partial charge in [-0.15, -0.1) is 0 Å². The summed E-state index contributed by atoms with van der Waals surface area (Å²) in [5.41, 5.74) is 4.34. The Labute approximate surface area is 104 Å². The maximum absolute atomic E-state index is 2.30. The molecule has 0 nitrogen and oxygen atoms in total. The van der Waals surface area contributed by atoms with Crippen LogP contribution in [0.2, 0.25) is 0 Å². The van der Waals surface area contributed by atoms with E-state index in [0.717, 1.165) is 6.42 Å². The SMILES string of the molecule is CCc1ccccc1C(C)(C)c1ccccc1. The van der Waals surface area contributed by atoms with Crippen LogP contribution < -0.4 is 0 Å². The Balaban J connectivity index is 2.51. The molecule has 0 aliphatic rings. The molecule has 2 aromatic rings. The fourth-order valence-electron chi connectivity index (χ4n) is 2.45. The van der Waals surface area contributed by atoms with E-state index < -0.39 is 0 Å². The Morgan fingerprint density at radius 2 is 1.41 bits per heavy atom. The Morgan fingerprint density at radius 3 is 2.06 bits per heavy atom. The third kappa shape index (κ3) is 2.26. The summed E-state index contributed by atoms with van der Waals surface area (Å²) in [5, 5.41) is 0. The maximum atomic E-state index is 2.30. The second kappa shape index (κ2) is 4.75. The van der Waals surface area contributed by atoms with Gasteiger partial charge in [0.25, 0.3) is 0 Å². The molecule has 0 N–H and O–H groups in total. The van der Waals surface area contributed by atoms with Gasteiger partial charge >= 0.3 is 0 Å². The molecule has 0 radical (unpaired) electrons. The van der Waals surface area contributed by atoms with Crippen molar-refractivity contribution in [2.45, 2.75) is 32.6 Å². The Kier molecular flexibility index (Phi) is 3.33. The van der Waals surface area contributed by atoms with Crippen LogP contribution in [-0.2, 0) is 11.8 Å². The van der Waals surface area contributed by atoms with E-state index in [1.165, 1.54) is 16.7 Å². The summed E-state index contributed by atoms with van der Waals surface area (Å²) in [4.78, 5) is 0. The fraction of sp³-hybridized carbons (Fsp3) is 0.294. The molecule has 0 atom stereocenters. The van der Waals surface area contributed by atoms with Crippen molar-refractivity contribution in [2.75, 3.05) is 0 Å². The minimum Gasteiger partial charge on any atom is -0.0622 e. The molecule has 0 aliphatic heterocycles. The first kappa shape index (κ1) is 11.9. The van der Waals surface area contributed by atoms with Gasteiger partial charge < -0.3 is 0 Å². The van der Waals surface area contributed by atoms with Crippen molar-refractivity contribution in [3.8, 4) is 0 Å². The Bertz CT molecular complexity index is 480. The minimum atomic E-state index is 0.0772. The lowest BCUT2D eigenvalue weighted by Crippen LogP contribution is -2.20. The molecular formula is C17H20. The number of benzene rings is 2. The van der Waals surface area contributed by atoms with Crippen LogP contribution in [0.25, 0.3) is 0 Å². The number of hydrogen-bond donors (Lipinski definition) is 0. The van der Waals surface area contributed by atoms with Gasteiger partial charge in [0.05, 0.1) is 0 Å². The van der Waals surface area contributed by atoms with Crippen molar-refractivity contribution in [1.82, 2.24) is 0 Å². The van der Waals surface area contributed by atoms with E-state index in [-0.39, 0.29) is 5.41 Å². The van der Waals surface area contributed by atoms with Crippen LogP contribution in [0.5, 0.6) is 0 Å². The Hall–Kier alpha value is -1.56. The molecule has 0 saturated carbocycles. The third-order valence-corrected chi connectivity index (χ3v) is 3.57. The molecule has 0 amide bonds.